The Morgan fingerprint density at radius 1 is 1.00 bits per heavy atom. The third kappa shape index (κ3) is 5.23. The van der Waals surface area contributed by atoms with Gasteiger partial charge >= 0.3 is 11.9 Å². The Morgan fingerprint density at radius 2 is 1.74 bits per heavy atom. The fourth-order valence-electron chi connectivity index (χ4n) is 6.30. The molecule has 0 fully saturated rings. The van der Waals surface area contributed by atoms with E-state index in [1.54, 1.807) is 25.5 Å². The minimum absolute atomic E-state index is 0.177. The standard InChI is InChI=1S/C36H35N3O6S2/c1-9-45-35(42)29-20(4)37-36-39(31(29)30-25-13-11-10-12-23(25)14-15-26(30)43-7)32(40)27(47-36)17-24-16-18(2)38(21(24)5)33-28(34(41)44-8)19(3)22(6)46-33/h10-17,31H,9H2,1-8H3/b27-17-/t31-/m1/s1. The summed E-state index contributed by atoms with van der Waals surface area (Å²) in [6.07, 6.45) is 1.86. The summed E-state index contributed by atoms with van der Waals surface area (Å²) in [6.45, 7) is 11.5. The molecular weight excluding hydrogens is 635 g/mol. The first-order valence-corrected chi connectivity index (χ1v) is 16.8. The molecule has 0 bridgehead atoms. The van der Waals surface area contributed by atoms with Crippen LogP contribution in [0.1, 0.15) is 63.2 Å². The molecule has 0 N–H and O–H groups in total. The van der Waals surface area contributed by atoms with Crippen molar-refractivity contribution in [2.24, 2.45) is 4.99 Å². The van der Waals surface area contributed by atoms with E-state index in [0.717, 1.165) is 43.2 Å². The number of aryl methyl sites for hydroxylation is 2. The van der Waals surface area contributed by atoms with Crippen LogP contribution in [0.15, 0.2) is 63.5 Å². The Balaban J connectivity index is 1.60. The number of carbonyl (C=O) groups is 2. The summed E-state index contributed by atoms with van der Waals surface area (Å²) < 4.78 is 20.6. The Hall–Kier alpha value is -4.74. The normalized spacial score (nSPS) is 14.7. The molecule has 5 aromatic rings. The van der Waals surface area contributed by atoms with Crippen LogP contribution in [0, 0.1) is 27.7 Å². The molecule has 0 saturated carbocycles. The summed E-state index contributed by atoms with van der Waals surface area (Å²) in [4.78, 5) is 47.1. The highest BCUT2D eigenvalue weighted by Crippen LogP contribution is 2.40. The fourth-order valence-corrected chi connectivity index (χ4v) is 8.59. The summed E-state index contributed by atoms with van der Waals surface area (Å²) >= 11 is 2.79. The Kier molecular flexibility index (Phi) is 8.54. The molecule has 0 unspecified atom stereocenters. The third-order valence-electron chi connectivity index (χ3n) is 8.66. The molecule has 47 heavy (non-hydrogen) atoms. The maximum atomic E-state index is 14.5. The second-order valence-electron chi connectivity index (χ2n) is 11.3. The molecule has 0 spiro atoms. The van der Waals surface area contributed by atoms with Gasteiger partial charge in [0, 0.05) is 21.8 Å². The van der Waals surface area contributed by atoms with Gasteiger partial charge in [-0.05, 0) is 81.7 Å². The van der Waals surface area contributed by atoms with Gasteiger partial charge in [-0.1, -0.05) is 41.7 Å². The first-order chi connectivity index (χ1) is 22.5. The molecule has 6 rings (SSSR count). The largest absolute Gasteiger partial charge is 0.496 e. The molecule has 1 aliphatic rings. The van der Waals surface area contributed by atoms with Crippen molar-refractivity contribution >= 4 is 51.5 Å². The van der Waals surface area contributed by atoms with Gasteiger partial charge in [-0.25, -0.2) is 14.6 Å². The minimum atomic E-state index is -0.833. The molecule has 242 valence electrons. The summed E-state index contributed by atoms with van der Waals surface area (Å²) in [7, 11) is 2.96. The lowest BCUT2D eigenvalue weighted by atomic mass is 9.90. The number of aromatic nitrogens is 2. The number of esters is 2. The Labute approximate surface area is 279 Å². The van der Waals surface area contributed by atoms with Crippen molar-refractivity contribution in [1.82, 2.24) is 9.13 Å². The average Bonchev–Trinajstić information content (AvgIpc) is 3.63. The topological polar surface area (TPSA) is 101 Å². The van der Waals surface area contributed by atoms with E-state index < -0.39 is 12.0 Å². The van der Waals surface area contributed by atoms with Crippen molar-refractivity contribution < 1.29 is 23.8 Å². The second-order valence-corrected chi connectivity index (χ2v) is 13.5. The van der Waals surface area contributed by atoms with Gasteiger partial charge in [0.15, 0.2) is 4.80 Å². The highest BCUT2D eigenvalue weighted by Gasteiger charge is 2.36. The second kappa shape index (κ2) is 12.5. The number of benzene rings is 2. The molecule has 3 aromatic heterocycles. The summed E-state index contributed by atoms with van der Waals surface area (Å²) in [5.41, 5.74) is 5.20. The van der Waals surface area contributed by atoms with Crippen LogP contribution in [-0.2, 0) is 14.3 Å². The smallest absolute Gasteiger partial charge is 0.341 e. The molecule has 11 heteroatoms. The molecule has 0 amide bonds. The maximum absolute atomic E-state index is 14.5. The molecule has 1 aliphatic heterocycles. The maximum Gasteiger partial charge on any atom is 0.341 e. The van der Waals surface area contributed by atoms with Crippen molar-refractivity contribution in [2.45, 2.75) is 47.6 Å². The predicted molar refractivity (Wildman–Crippen MR) is 185 cm³/mol. The van der Waals surface area contributed by atoms with Gasteiger partial charge in [0.05, 0.1) is 42.2 Å². The highest BCUT2D eigenvalue weighted by atomic mass is 32.1. The van der Waals surface area contributed by atoms with E-state index in [0.29, 0.717) is 31.9 Å². The van der Waals surface area contributed by atoms with Crippen molar-refractivity contribution in [3.63, 3.8) is 0 Å². The number of hydrogen-bond donors (Lipinski definition) is 0. The number of hydrogen-bond acceptors (Lipinski definition) is 9. The van der Waals surface area contributed by atoms with Gasteiger partial charge in [0.25, 0.3) is 5.56 Å². The van der Waals surface area contributed by atoms with Crippen LogP contribution in [0.5, 0.6) is 5.75 Å². The number of rotatable bonds is 7. The van der Waals surface area contributed by atoms with Gasteiger partial charge < -0.3 is 18.8 Å². The van der Waals surface area contributed by atoms with Gasteiger partial charge in [0.1, 0.15) is 16.8 Å². The minimum Gasteiger partial charge on any atom is -0.496 e. The predicted octanol–water partition coefficient (Wildman–Crippen LogP) is 5.83. The average molecular weight is 670 g/mol. The fraction of sp³-hybridized carbons (Fsp3) is 0.278. The van der Waals surface area contributed by atoms with Crippen LogP contribution >= 0.6 is 22.7 Å². The number of allylic oxidation sites excluding steroid dienone is 1. The van der Waals surface area contributed by atoms with Gasteiger partial charge in [-0.3, -0.25) is 9.36 Å². The number of carbonyl (C=O) groups excluding carboxylic acids is 2. The van der Waals surface area contributed by atoms with E-state index in [2.05, 4.69) is 0 Å². The quantitative estimate of drug-likeness (QED) is 0.202. The summed E-state index contributed by atoms with van der Waals surface area (Å²) in [5.74, 6) is -0.373. The molecule has 4 heterocycles. The van der Waals surface area contributed by atoms with Gasteiger partial charge in [-0.15, -0.1) is 11.3 Å². The van der Waals surface area contributed by atoms with E-state index in [4.69, 9.17) is 19.2 Å². The first-order valence-electron chi connectivity index (χ1n) is 15.1. The Morgan fingerprint density at radius 3 is 2.45 bits per heavy atom. The number of fused-ring (bicyclic) bond motifs is 2. The monoisotopic (exact) mass is 669 g/mol. The van der Waals surface area contributed by atoms with Crippen LogP contribution in [-0.4, -0.2) is 41.9 Å². The lowest BCUT2D eigenvalue weighted by Gasteiger charge is -2.27. The molecule has 1 atom stereocenters. The van der Waals surface area contributed by atoms with E-state index in [1.807, 2.05) is 80.8 Å². The number of thiazole rings is 1. The lowest BCUT2D eigenvalue weighted by molar-refractivity contribution is -0.139. The van der Waals surface area contributed by atoms with E-state index in [-0.39, 0.29) is 23.7 Å². The van der Waals surface area contributed by atoms with Crippen LogP contribution in [0.2, 0.25) is 0 Å². The number of thiophene rings is 1. The molecule has 0 saturated heterocycles. The number of nitrogens with zero attached hydrogens (tertiary/aromatic N) is 3. The zero-order valence-corrected chi connectivity index (χ0v) is 29.1. The lowest BCUT2D eigenvalue weighted by Crippen LogP contribution is -2.40. The Bertz CT molecular complexity index is 2320. The molecule has 0 aliphatic carbocycles. The SMILES string of the molecule is CCOC(=O)C1=C(C)N=c2s/c(=C\c3cc(C)n(-c4sc(C)c(C)c4C(=O)OC)c3C)c(=O)n2[C@H]1c1c(OC)ccc2ccccc12. The summed E-state index contributed by atoms with van der Waals surface area (Å²) in [5, 5.41) is 2.58. The summed E-state index contributed by atoms with van der Waals surface area (Å²) in [6, 6.07) is 12.8. The molecular formula is C36H35N3O6S2. The van der Waals surface area contributed by atoms with Crippen molar-refractivity contribution in [3.05, 3.63) is 112 Å². The third-order valence-corrected chi connectivity index (χ3v) is 10.8. The van der Waals surface area contributed by atoms with E-state index in [9.17, 15) is 14.4 Å². The van der Waals surface area contributed by atoms with Crippen LogP contribution in [0.3, 0.4) is 0 Å². The molecule has 2 aromatic carbocycles. The van der Waals surface area contributed by atoms with E-state index >= 15 is 0 Å². The van der Waals surface area contributed by atoms with E-state index in [1.165, 1.54) is 29.8 Å². The number of ether oxygens (including phenoxy) is 3. The van der Waals surface area contributed by atoms with Crippen molar-refractivity contribution in [1.29, 1.82) is 0 Å². The van der Waals surface area contributed by atoms with Crippen LogP contribution in [0.25, 0.3) is 21.8 Å². The molecule has 0 radical (unpaired) electrons. The molecule has 9 nitrogen and oxygen atoms in total. The van der Waals surface area contributed by atoms with Crippen LogP contribution in [0.4, 0.5) is 0 Å². The zero-order valence-electron chi connectivity index (χ0n) is 27.5. The zero-order chi connectivity index (χ0) is 33.7. The van der Waals surface area contributed by atoms with Gasteiger partial charge in [-0.2, -0.15) is 0 Å². The van der Waals surface area contributed by atoms with Crippen molar-refractivity contribution in [2.75, 3.05) is 20.8 Å². The van der Waals surface area contributed by atoms with Crippen LogP contribution < -0.4 is 19.6 Å². The van der Waals surface area contributed by atoms with Gasteiger partial charge in [0.2, 0.25) is 0 Å². The number of methoxy groups -OCH3 is 2. The van der Waals surface area contributed by atoms with Crippen molar-refractivity contribution in [3.8, 4) is 10.8 Å². The first kappa shape index (κ1) is 32.2. The highest BCUT2D eigenvalue weighted by molar-refractivity contribution is 7.15.